The molecule has 1 aromatic rings. The molecule has 0 bridgehead atoms. The number of carbonyl (C=O) groups is 2. The van der Waals surface area contributed by atoms with Gasteiger partial charge >= 0.3 is 5.97 Å². The van der Waals surface area contributed by atoms with E-state index in [9.17, 15) is 9.59 Å². The zero-order valence-corrected chi connectivity index (χ0v) is 18.6. The van der Waals surface area contributed by atoms with Crippen molar-refractivity contribution >= 4 is 23.6 Å². The zero-order valence-electron chi connectivity index (χ0n) is 17.8. The van der Waals surface area contributed by atoms with Gasteiger partial charge in [0.15, 0.2) is 0 Å². The molecule has 2 rings (SSSR count). The second kappa shape index (κ2) is 12.0. The molecule has 29 heavy (non-hydrogen) atoms. The van der Waals surface area contributed by atoms with E-state index in [0.717, 1.165) is 23.5 Å². The second-order valence-corrected chi connectivity index (χ2v) is 8.02. The van der Waals surface area contributed by atoms with Crippen LogP contribution in [0.4, 0.5) is 0 Å². The Morgan fingerprint density at radius 2 is 2.00 bits per heavy atom. The van der Waals surface area contributed by atoms with Crippen molar-refractivity contribution in [1.82, 2.24) is 9.80 Å². The standard InChI is InChI=1S/C21H32N2O5S/c1-5-28-21(25)16(2)22(11-6-13-26-3)15-19(24)23-12-14-29-20(23)17-7-9-18(27-4)10-8-17/h7-10,16,20H,5-6,11-15H2,1-4H3/t16-,20-/m0/s1. The van der Waals surface area contributed by atoms with Crippen LogP contribution in [0, 0.1) is 0 Å². The lowest BCUT2D eigenvalue weighted by Crippen LogP contribution is -2.47. The molecule has 0 saturated carbocycles. The van der Waals surface area contributed by atoms with E-state index >= 15 is 0 Å². The summed E-state index contributed by atoms with van der Waals surface area (Å²) in [6, 6.07) is 7.35. The third kappa shape index (κ3) is 6.62. The summed E-state index contributed by atoms with van der Waals surface area (Å²) in [6.45, 7) is 5.94. The van der Waals surface area contributed by atoms with Gasteiger partial charge in [0.05, 0.1) is 20.3 Å². The van der Waals surface area contributed by atoms with E-state index in [1.807, 2.05) is 34.1 Å². The number of ether oxygens (including phenoxy) is 3. The Bertz CT molecular complexity index is 655. The van der Waals surface area contributed by atoms with Crippen molar-refractivity contribution in [3.8, 4) is 5.75 Å². The summed E-state index contributed by atoms with van der Waals surface area (Å²) >= 11 is 1.75. The van der Waals surface area contributed by atoms with Crippen molar-refractivity contribution in [3.05, 3.63) is 29.8 Å². The molecule has 7 nitrogen and oxygen atoms in total. The lowest BCUT2D eigenvalue weighted by molar-refractivity contribution is -0.150. The Balaban J connectivity index is 2.07. The van der Waals surface area contributed by atoms with E-state index in [1.165, 1.54) is 0 Å². The van der Waals surface area contributed by atoms with Crippen LogP contribution in [-0.4, -0.2) is 80.5 Å². The molecule has 1 aliphatic rings. The summed E-state index contributed by atoms with van der Waals surface area (Å²) in [4.78, 5) is 29.2. The number of amides is 1. The van der Waals surface area contributed by atoms with Crippen LogP contribution >= 0.6 is 11.8 Å². The summed E-state index contributed by atoms with van der Waals surface area (Å²) in [5.74, 6) is 1.39. The van der Waals surface area contributed by atoms with Crippen LogP contribution in [0.25, 0.3) is 0 Å². The fourth-order valence-corrected chi connectivity index (χ4v) is 4.55. The number of thioether (sulfide) groups is 1. The highest BCUT2D eigenvalue weighted by atomic mass is 32.2. The summed E-state index contributed by atoms with van der Waals surface area (Å²) in [7, 11) is 3.28. The highest BCUT2D eigenvalue weighted by Crippen LogP contribution is 2.38. The number of hydrogen-bond donors (Lipinski definition) is 0. The van der Waals surface area contributed by atoms with Crippen molar-refractivity contribution < 1.29 is 23.8 Å². The smallest absolute Gasteiger partial charge is 0.323 e. The predicted molar refractivity (Wildman–Crippen MR) is 114 cm³/mol. The quantitative estimate of drug-likeness (QED) is 0.399. The largest absolute Gasteiger partial charge is 0.497 e. The second-order valence-electron chi connectivity index (χ2n) is 6.83. The molecular weight excluding hydrogens is 392 g/mol. The molecule has 162 valence electrons. The molecule has 2 atom stereocenters. The minimum absolute atomic E-state index is 0.0179. The van der Waals surface area contributed by atoms with Crippen molar-refractivity contribution in [2.45, 2.75) is 31.7 Å². The summed E-state index contributed by atoms with van der Waals surface area (Å²) in [5.41, 5.74) is 1.08. The van der Waals surface area contributed by atoms with Crippen molar-refractivity contribution in [2.75, 3.05) is 52.8 Å². The minimum atomic E-state index is -0.481. The highest BCUT2D eigenvalue weighted by Gasteiger charge is 2.33. The first kappa shape index (κ1) is 23.5. The van der Waals surface area contributed by atoms with Crippen molar-refractivity contribution in [3.63, 3.8) is 0 Å². The van der Waals surface area contributed by atoms with Crippen LogP contribution in [0.5, 0.6) is 5.75 Å². The first-order valence-electron chi connectivity index (χ1n) is 9.96. The van der Waals surface area contributed by atoms with Gasteiger partial charge in [-0.3, -0.25) is 14.5 Å². The van der Waals surface area contributed by atoms with Crippen LogP contribution in [0.1, 0.15) is 31.2 Å². The van der Waals surface area contributed by atoms with E-state index in [0.29, 0.717) is 26.3 Å². The molecule has 0 spiro atoms. The van der Waals surface area contributed by atoms with Gasteiger partial charge in [0.25, 0.3) is 0 Å². The normalized spacial score (nSPS) is 17.4. The van der Waals surface area contributed by atoms with E-state index in [-0.39, 0.29) is 23.8 Å². The molecule has 0 aliphatic carbocycles. The van der Waals surface area contributed by atoms with Gasteiger partial charge in [0, 0.05) is 32.6 Å². The molecular formula is C21H32N2O5S. The highest BCUT2D eigenvalue weighted by molar-refractivity contribution is 7.99. The van der Waals surface area contributed by atoms with Gasteiger partial charge in [0.2, 0.25) is 5.91 Å². The van der Waals surface area contributed by atoms with E-state index in [1.54, 1.807) is 39.8 Å². The van der Waals surface area contributed by atoms with Gasteiger partial charge in [-0.25, -0.2) is 0 Å². The Morgan fingerprint density at radius 1 is 1.28 bits per heavy atom. The number of hydrogen-bond acceptors (Lipinski definition) is 7. The molecule has 1 saturated heterocycles. The van der Waals surface area contributed by atoms with Gasteiger partial charge in [0.1, 0.15) is 17.2 Å². The third-order valence-corrected chi connectivity index (χ3v) is 6.18. The Kier molecular flexibility index (Phi) is 9.76. The molecule has 1 fully saturated rings. The Labute approximate surface area is 177 Å². The van der Waals surface area contributed by atoms with Crippen LogP contribution in [-0.2, 0) is 19.1 Å². The van der Waals surface area contributed by atoms with Crippen LogP contribution in [0.2, 0.25) is 0 Å². The van der Waals surface area contributed by atoms with Crippen molar-refractivity contribution in [2.24, 2.45) is 0 Å². The predicted octanol–water partition coefficient (Wildman–Crippen LogP) is 2.56. The molecule has 1 amide bonds. The van der Waals surface area contributed by atoms with Crippen LogP contribution in [0.15, 0.2) is 24.3 Å². The maximum absolute atomic E-state index is 13.1. The van der Waals surface area contributed by atoms with Gasteiger partial charge in [-0.2, -0.15) is 0 Å². The Hall–Kier alpha value is -1.77. The molecule has 1 aromatic carbocycles. The lowest BCUT2D eigenvalue weighted by atomic mass is 10.2. The number of rotatable bonds is 11. The van der Waals surface area contributed by atoms with Gasteiger partial charge in [-0.1, -0.05) is 12.1 Å². The van der Waals surface area contributed by atoms with Gasteiger partial charge < -0.3 is 19.1 Å². The molecule has 8 heteroatoms. The van der Waals surface area contributed by atoms with Gasteiger partial charge in [-0.15, -0.1) is 11.8 Å². The Morgan fingerprint density at radius 3 is 2.62 bits per heavy atom. The molecule has 0 unspecified atom stereocenters. The fourth-order valence-electron chi connectivity index (χ4n) is 3.27. The minimum Gasteiger partial charge on any atom is -0.497 e. The molecule has 1 aliphatic heterocycles. The monoisotopic (exact) mass is 424 g/mol. The fraction of sp³-hybridized carbons (Fsp3) is 0.619. The molecule has 1 heterocycles. The summed E-state index contributed by atoms with van der Waals surface area (Å²) < 4.78 is 15.5. The van der Waals surface area contributed by atoms with E-state index < -0.39 is 6.04 Å². The first-order chi connectivity index (χ1) is 14.0. The number of methoxy groups -OCH3 is 2. The van der Waals surface area contributed by atoms with Crippen LogP contribution < -0.4 is 4.74 Å². The molecule has 0 radical (unpaired) electrons. The number of benzene rings is 1. The average Bonchev–Trinajstić information content (AvgIpc) is 3.23. The SMILES string of the molecule is CCOC(=O)[C@H](C)N(CCCOC)CC(=O)N1CCS[C@H]1c1ccc(OC)cc1. The van der Waals surface area contributed by atoms with E-state index in [2.05, 4.69) is 0 Å². The first-order valence-corrected chi connectivity index (χ1v) is 11.0. The summed E-state index contributed by atoms with van der Waals surface area (Å²) in [5, 5.41) is -0.0212. The van der Waals surface area contributed by atoms with Crippen LogP contribution in [0.3, 0.4) is 0 Å². The number of esters is 1. The van der Waals surface area contributed by atoms with E-state index in [4.69, 9.17) is 14.2 Å². The summed E-state index contributed by atoms with van der Waals surface area (Å²) in [6.07, 6.45) is 0.740. The number of carbonyl (C=O) groups excluding carboxylic acids is 2. The lowest BCUT2D eigenvalue weighted by Gasteiger charge is -2.31. The third-order valence-electron chi connectivity index (χ3n) is 4.92. The maximum atomic E-state index is 13.1. The average molecular weight is 425 g/mol. The maximum Gasteiger partial charge on any atom is 0.323 e. The zero-order chi connectivity index (χ0) is 21.2. The topological polar surface area (TPSA) is 68.3 Å². The van der Waals surface area contributed by atoms with Crippen molar-refractivity contribution in [1.29, 1.82) is 0 Å². The molecule has 0 aromatic heterocycles. The molecule has 0 N–H and O–H groups in total. The van der Waals surface area contributed by atoms with Gasteiger partial charge in [-0.05, 0) is 38.0 Å². The number of nitrogens with zero attached hydrogens (tertiary/aromatic N) is 2.